The third-order valence-corrected chi connectivity index (χ3v) is 1.84. The zero-order valence-corrected chi connectivity index (χ0v) is 10.4. The fraction of sp³-hybridized carbons (Fsp3) is 0.909. The van der Waals surface area contributed by atoms with E-state index in [0.29, 0.717) is 13.2 Å². The van der Waals surface area contributed by atoms with E-state index < -0.39 is 11.7 Å². The van der Waals surface area contributed by atoms with Gasteiger partial charge in [-0.15, -0.1) is 0 Å². The van der Waals surface area contributed by atoms with Gasteiger partial charge in [0, 0.05) is 0 Å². The highest BCUT2D eigenvalue weighted by Crippen LogP contribution is 2.09. The Bertz CT molecular complexity index is 233. The molecule has 16 heavy (non-hydrogen) atoms. The van der Waals surface area contributed by atoms with Crippen molar-refractivity contribution in [2.45, 2.75) is 45.4 Å². The SMILES string of the molecule is C[C@H](COCC1CO1)NC(=O)OC(C)(C)C. The molecule has 0 aromatic rings. The molecule has 1 saturated heterocycles. The van der Waals surface area contributed by atoms with Gasteiger partial charge in [-0.05, 0) is 27.7 Å². The molecule has 94 valence electrons. The molecule has 1 unspecified atom stereocenters. The fourth-order valence-corrected chi connectivity index (χ4v) is 1.09. The summed E-state index contributed by atoms with van der Waals surface area (Å²) in [5, 5.41) is 2.70. The van der Waals surface area contributed by atoms with Gasteiger partial charge in [0.25, 0.3) is 0 Å². The monoisotopic (exact) mass is 231 g/mol. The van der Waals surface area contributed by atoms with E-state index in [2.05, 4.69) is 5.32 Å². The lowest BCUT2D eigenvalue weighted by atomic mass is 10.2. The van der Waals surface area contributed by atoms with Gasteiger partial charge in [-0.25, -0.2) is 4.79 Å². The van der Waals surface area contributed by atoms with Crippen molar-refractivity contribution < 1.29 is 19.0 Å². The molecule has 0 aromatic heterocycles. The van der Waals surface area contributed by atoms with Crippen molar-refractivity contribution in [3.05, 3.63) is 0 Å². The Balaban J connectivity index is 2.07. The summed E-state index contributed by atoms with van der Waals surface area (Å²) in [6.07, 6.45) is -0.153. The molecule has 0 aromatic carbocycles. The maximum atomic E-state index is 11.4. The molecule has 0 radical (unpaired) electrons. The van der Waals surface area contributed by atoms with Crippen LogP contribution >= 0.6 is 0 Å². The highest BCUT2D eigenvalue weighted by atomic mass is 16.6. The van der Waals surface area contributed by atoms with E-state index in [1.807, 2.05) is 27.7 Å². The Hall–Kier alpha value is -0.810. The molecule has 5 nitrogen and oxygen atoms in total. The second kappa shape index (κ2) is 5.50. The molecule has 1 aliphatic rings. The van der Waals surface area contributed by atoms with Gasteiger partial charge >= 0.3 is 6.09 Å². The Morgan fingerprint density at radius 3 is 2.69 bits per heavy atom. The van der Waals surface area contributed by atoms with Crippen molar-refractivity contribution >= 4 is 6.09 Å². The Kier molecular flexibility index (Phi) is 4.56. The average Bonchev–Trinajstić information content (AvgIpc) is 2.83. The molecule has 1 N–H and O–H groups in total. The summed E-state index contributed by atoms with van der Waals surface area (Å²) in [6.45, 7) is 9.22. The Labute approximate surface area is 96.4 Å². The minimum Gasteiger partial charge on any atom is -0.444 e. The summed E-state index contributed by atoms with van der Waals surface area (Å²) >= 11 is 0. The third kappa shape index (κ3) is 6.63. The van der Waals surface area contributed by atoms with Crippen LogP contribution in [-0.2, 0) is 14.2 Å². The summed E-state index contributed by atoms with van der Waals surface area (Å²) in [7, 11) is 0. The minimum absolute atomic E-state index is 0.0615. The van der Waals surface area contributed by atoms with Crippen LogP contribution in [0.5, 0.6) is 0 Å². The summed E-state index contributed by atoms with van der Waals surface area (Å²) in [6, 6.07) is -0.0615. The summed E-state index contributed by atoms with van der Waals surface area (Å²) < 4.78 is 15.5. The van der Waals surface area contributed by atoms with E-state index in [4.69, 9.17) is 14.2 Å². The van der Waals surface area contributed by atoms with E-state index in [0.717, 1.165) is 6.61 Å². The van der Waals surface area contributed by atoms with Crippen LogP contribution in [0.4, 0.5) is 4.79 Å². The first-order chi connectivity index (χ1) is 7.37. The summed E-state index contributed by atoms with van der Waals surface area (Å²) in [5.74, 6) is 0. The van der Waals surface area contributed by atoms with Gasteiger partial charge in [-0.3, -0.25) is 0 Å². The van der Waals surface area contributed by atoms with Crippen LogP contribution in [0, 0.1) is 0 Å². The van der Waals surface area contributed by atoms with Crippen LogP contribution in [-0.4, -0.2) is 43.7 Å². The lowest BCUT2D eigenvalue weighted by Crippen LogP contribution is -2.40. The number of hydrogen-bond donors (Lipinski definition) is 1. The van der Waals surface area contributed by atoms with Crippen molar-refractivity contribution in [2.24, 2.45) is 0 Å². The molecule has 1 rings (SSSR count). The standard InChI is InChI=1S/C11H21NO4/c1-8(5-14-6-9-7-15-9)12-10(13)16-11(2,3)4/h8-9H,5-7H2,1-4H3,(H,12,13)/t8-,9?/m1/s1. The number of amides is 1. The largest absolute Gasteiger partial charge is 0.444 e. The average molecular weight is 231 g/mol. The smallest absolute Gasteiger partial charge is 0.407 e. The zero-order valence-electron chi connectivity index (χ0n) is 10.4. The van der Waals surface area contributed by atoms with E-state index in [-0.39, 0.29) is 12.1 Å². The molecule has 1 fully saturated rings. The topological polar surface area (TPSA) is 60.1 Å². The number of rotatable bonds is 5. The lowest BCUT2D eigenvalue weighted by Gasteiger charge is -2.21. The second-order valence-electron chi connectivity index (χ2n) is 5.04. The van der Waals surface area contributed by atoms with Crippen LogP contribution in [0.1, 0.15) is 27.7 Å². The summed E-state index contributed by atoms with van der Waals surface area (Å²) in [4.78, 5) is 11.4. The highest BCUT2D eigenvalue weighted by Gasteiger charge is 2.23. The first-order valence-corrected chi connectivity index (χ1v) is 5.55. The highest BCUT2D eigenvalue weighted by molar-refractivity contribution is 5.68. The molecule has 1 heterocycles. The number of epoxide rings is 1. The van der Waals surface area contributed by atoms with Gasteiger partial charge in [0.05, 0.1) is 25.9 Å². The quantitative estimate of drug-likeness (QED) is 0.725. The molecular formula is C11H21NO4. The molecule has 0 saturated carbocycles. The van der Waals surface area contributed by atoms with E-state index >= 15 is 0 Å². The maximum absolute atomic E-state index is 11.4. The van der Waals surface area contributed by atoms with Gasteiger partial charge in [-0.2, -0.15) is 0 Å². The van der Waals surface area contributed by atoms with Gasteiger partial charge in [0.2, 0.25) is 0 Å². The predicted molar refractivity (Wildman–Crippen MR) is 59.4 cm³/mol. The molecule has 0 aliphatic carbocycles. The van der Waals surface area contributed by atoms with Crippen LogP contribution in [0.3, 0.4) is 0 Å². The van der Waals surface area contributed by atoms with Crippen molar-refractivity contribution in [3.63, 3.8) is 0 Å². The minimum atomic E-state index is -0.466. The molecule has 0 spiro atoms. The van der Waals surface area contributed by atoms with Crippen molar-refractivity contribution in [1.82, 2.24) is 5.32 Å². The van der Waals surface area contributed by atoms with Crippen molar-refractivity contribution in [2.75, 3.05) is 19.8 Å². The van der Waals surface area contributed by atoms with Crippen molar-refractivity contribution in [3.8, 4) is 0 Å². The number of alkyl carbamates (subject to hydrolysis) is 1. The number of carbonyl (C=O) groups is 1. The second-order valence-corrected chi connectivity index (χ2v) is 5.04. The van der Waals surface area contributed by atoms with Gasteiger partial charge in [-0.1, -0.05) is 0 Å². The molecule has 0 bridgehead atoms. The molecular weight excluding hydrogens is 210 g/mol. The van der Waals surface area contributed by atoms with Gasteiger partial charge < -0.3 is 19.5 Å². The van der Waals surface area contributed by atoms with Gasteiger partial charge in [0.15, 0.2) is 0 Å². The number of ether oxygens (including phenoxy) is 3. The van der Waals surface area contributed by atoms with Crippen LogP contribution in [0.25, 0.3) is 0 Å². The third-order valence-electron chi connectivity index (χ3n) is 1.84. The van der Waals surface area contributed by atoms with E-state index in [9.17, 15) is 4.79 Å². The number of carbonyl (C=O) groups excluding carboxylic acids is 1. The van der Waals surface area contributed by atoms with E-state index in [1.54, 1.807) is 0 Å². The molecule has 1 aliphatic heterocycles. The van der Waals surface area contributed by atoms with E-state index in [1.165, 1.54) is 0 Å². The molecule has 1 amide bonds. The molecule has 2 atom stereocenters. The number of nitrogens with one attached hydrogen (secondary N) is 1. The fourth-order valence-electron chi connectivity index (χ4n) is 1.09. The van der Waals surface area contributed by atoms with Crippen LogP contribution in [0.2, 0.25) is 0 Å². The van der Waals surface area contributed by atoms with Crippen LogP contribution < -0.4 is 5.32 Å². The summed E-state index contributed by atoms with van der Waals surface area (Å²) in [5.41, 5.74) is -0.466. The van der Waals surface area contributed by atoms with Crippen LogP contribution in [0.15, 0.2) is 0 Å². The van der Waals surface area contributed by atoms with Gasteiger partial charge in [0.1, 0.15) is 11.7 Å². The van der Waals surface area contributed by atoms with Crippen molar-refractivity contribution in [1.29, 1.82) is 0 Å². The normalized spacial score (nSPS) is 21.4. The Morgan fingerprint density at radius 2 is 2.19 bits per heavy atom. The first-order valence-electron chi connectivity index (χ1n) is 5.55. The molecule has 5 heteroatoms. The number of hydrogen-bond acceptors (Lipinski definition) is 4. The predicted octanol–water partition coefficient (Wildman–Crippen LogP) is 1.31. The zero-order chi connectivity index (χ0) is 12.2. The maximum Gasteiger partial charge on any atom is 0.407 e. The Morgan fingerprint density at radius 1 is 1.56 bits per heavy atom. The lowest BCUT2D eigenvalue weighted by molar-refractivity contribution is 0.0444. The first kappa shape index (κ1) is 13.3.